The van der Waals surface area contributed by atoms with Gasteiger partial charge in [-0.05, 0) is 32.1 Å². The van der Waals surface area contributed by atoms with Gasteiger partial charge in [0.1, 0.15) is 6.04 Å². The zero-order valence-corrected chi connectivity index (χ0v) is 18.5. The maximum atomic E-state index is 11.7. The van der Waals surface area contributed by atoms with E-state index in [1.165, 1.54) is 44.9 Å². The second-order valence-corrected chi connectivity index (χ2v) is 8.81. The third-order valence-electron chi connectivity index (χ3n) is 4.70. The summed E-state index contributed by atoms with van der Waals surface area (Å²) in [6, 6.07) is -1.34. The van der Waals surface area contributed by atoms with Crippen LogP contribution in [0.25, 0.3) is 0 Å². The summed E-state index contributed by atoms with van der Waals surface area (Å²) >= 11 is 0. The summed E-state index contributed by atoms with van der Waals surface area (Å²) in [5.74, 6) is -1.31. The third-order valence-corrected chi connectivity index (χ3v) is 6.07. The van der Waals surface area contributed by atoms with Crippen molar-refractivity contribution in [3.63, 3.8) is 0 Å². The van der Waals surface area contributed by atoms with Crippen LogP contribution in [0, 0.1) is 0 Å². The molecule has 164 valence electrons. The average molecular weight is 418 g/mol. The third kappa shape index (κ3) is 16.0. The van der Waals surface area contributed by atoms with Crippen molar-refractivity contribution in [3.8, 4) is 0 Å². The van der Waals surface area contributed by atoms with E-state index in [0.29, 0.717) is 6.42 Å². The Morgan fingerprint density at radius 3 is 1.89 bits per heavy atom. The van der Waals surface area contributed by atoms with E-state index in [2.05, 4.69) is 24.2 Å². The average Bonchev–Trinajstić information content (AvgIpc) is 2.68. The van der Waals surface area contributed by atoms with Crippen molar-refractivity contribution < 1.29 is 24.4 Å². The van der Waals surface area contributed by atoms with Crippen LogP contribution in [0.2, 0.25) is 0 Å². The molecule has 0 aromatic carbocycles. The predicted octanol–water partition coefficient (Wildman–Crippen LogP) is 5.06. The van der Waals surface area contributed by atoms with Gasteiger partial charge in [0.15, 0.2) is 7.95 Å². The lowest BCUT2D eigenvalue weighted by Crippen LogP contribution is -2.36. The molecule has 0 aromatic heterocycles. The van der Waals surface area contributed by atoms with Crippen LogP contribution in [0.5, 0.6) is 0 Å². The maximum Gasteiger partial charge on any atom is 0.323 e. The van der Waals surface area contributed by atoms with Crippen LogP contribution < -0.4 is 5.09 Å². The molecule has 0 fully saturated rings. The van der Waals surface area contributed by atoms with E-state index < -0.39 is 32.1 Å². The van der Waals surface area contributed by atoms with E-state index in [4.69, 9.17) is 10.2 Å². The van der Waals surface area contributed by atoms with Gasteiger partial charge in [0.25, 0.3) is 0 Å². The summed E-state index contributed by atoms with van der Waals surface area (Å²) < 4.78 is 11.7. The Labute approximate surface area is 171 Å². The highest BCUT2D eigenvalue weighted by Gasteiger charge is 2.21. The lowest BCUT2D eigenvalue weighted by molar-refractivity contribution is -0.139. The molecule has 3 N–H and O–H groups in total. The van der Waals surface area contributed by atoms with Crippen LogP contribution in [0.4, 0.5) is 0 Å². The van der Waals surface area contributed by atoms with Gasteiger partial charge in [-0.1, -0.05) is 70.4 Å². The molecule has 0 saturated heterocycles. The molecular formula is C21H40NO5P. The van der Waals surface area contributed by atoms with Gasteiger partial charge in [-0.3, -0.25) is 9.59 Å². The normalized spacial score (nSPS) is 13.6. The Morgan fingerprint density at radius 2 is 1.39 bits per heavy atom. The van der Waals surface area contributed by atoms with Gasteiger partial charge in [-0.15, -0.1) is 0 Å². The number of aliphatic carboxylic acids is 1. The van der Waals surface area contributed by atoms with E-state index in [0.717, 1.165) is 32.1 Å². The van der Waals surface area contributed by atoms with Gasteiger partial charge >= 0.3 is 5.97 Å². The second-order valence-electron chi connectivity index (χ2n) is 7.30. The van der Waals surface area contributed by atoms with Crippen molar-refractivity contribution in [2.24, 2.45) is 0 Å². The summed E-state index contributed by atoms with van der Waals surface area (Å²) in [5, 5.41) is 19.8. The Balaban J connectivity index is 3.51. The van der Waals surface area contributed by atoms with E-state index >= 15 is 0 Å². The Hall–Kier alpha value is -0.970. The minimum absolute atomic E-state index is 0.195. The largest absolute Gasteiger partial charge is 0.480 e. The van der Waals surface area contributed by atoms with Crippen molar-refractivity contribution in [1.82, 2.24) is 5.09 Å². The molecule has 2 atom stereocenters. The van der Waals surface area contributed by atoms with Crippen LogP contribution in [-0.4, -0.2) is 34.4 Å². The van der Waals surface area contributed by atoms with Crippen molar-refractivity contribution in [2.45, 2.75) is 103 Å². The number of allylic oxidation sites excluding steroid dienone is 2. The highest BCUT2D eigenvalue weighted by molar-refractivity contribution is 7.61. The minimum Gasteiger partial charge on any atom is -0.480 e. The van der Waals surface area contributed by atoms with Crippen molar-refractivity contribution in [1.29, 1.82) is 0 Å². The molecule has 6 nitrogen and oxygen atoms in total. The first-order chi connectivity index (χ1) is 13.5. The first-order valence-corrected chi connectivity index (χ1v) is 12.3. The highest BCUT2D eigenvalue weighted by Crippen LogP contribution is 2.21. The first kappa shape index (κ1) is 27.0. The molecule has 0 bridgehead atoms. The topological polar surface area (TPSA) is 104 Å². The molecule has 0 aliphatic heterocycles. The van der Waals surface area contributed by atoms with Gasteiger partial charge in [0, 0.05) is 6.42 Å². The van der Waals surface area contributed by atoms with Crippen molar-refractivity contribution in [2.75, 3.05) is 6.61 Å². The second kappa shape index (κ2) is 19.4. The number of hydrogen-bond acceptors (Lipinski definition) is 4. The fraction of sp³-hybridized carbons (Fsp3) is 0.810. The van der Waals surface area contributed by atoms with Gasteiger partial charge < -0.3 is 14.8 Å². The number of hydrogen-bond donors (Lipinski definition) is 3. The van der Waals surface area contributed by atoms with E-state index in [1.54, 1.807) is 0 Å². The molecule has 7 heteroatoms. The summed E-state index contributed by atoms with van der Waals surface area (Å²) in [4.78, 5) is 22.5. The first-order valence-electron chi connectivity index (χ1n) is 10.8. The smallest absolute Gasteiger partial charge is 0.323 e. The number of carbonyl (C=O) groups excluding carboxylic acids is 1. The molecule has 28 heavy (non-hydrogen) atoms. The highest BCUT2D eigenvalue weighted by atomic mass is 31.1. The minimum atomic E-state index is -2.83. The van der Waals surface area contributed by atoms with Gasteiger partial charge in [-0.25, -0.2) is 5.09 Å². The molecule has 1 unspecified atom stereocenters. The number of rotatable bonds is 20. The van der Waals surface area contributed by atoms with Gasteiger partial charge in [0.2, 0.25) is 5.52 Å². The molecule has 0 heterocycles. The molecule has 0 spiro atoms. The van der Waals surface area contributed by atoms with Crippen LogP contribution in [0.3, 0.4) is 0 Å². The lowest BCUT2D eigenvalue weighted by Gasteiger charge is -2.10. The molecule has 0 aliphatic rings. The number of carboxylic acid groups (broad SMARTS) is 1. The van der Waals surface area contributed by atoms with Crippen LogP contribution in [0.15, 0.2) is 12.2 Å². The number of aliphatic hydroxyl groups is 1. The molecule has 0 rings (SSSR count). The summed E-state index contributed by atoms with van der Waals surface area (Å²) in [6.07, 6.45) is 19.9. The predicted molar refractivity (Wildman–Crippen MR) is 115 cm³/mol. The summed E-state index contributed by atoms with van der Waals surface area (Å²) in [6.45, 7) is 1.55. The lowest BCUT2D eigenvalue weighted by atomic mass is 10.1. The molecule has 0 amide bonds. The Kier molecular flexibility index (Phi) is 18.7. The molecule has 0 aliphatic carbocycles. The zero-order chi connectivity index (χ0) is 21.0. The fourth-order valence-electron chi connectivity index (χ4n) is 2.89. The van der Waals surface area contributed by atoms with E-state index in [-0.39, 0.29) is 6.42 Å². The number of unbranched alkanes of at least 4 members (excludes halogenated alkanes) is 11. The van der Waals surface area contributed by atoms with Crippen LogP contribution >= 0.6 is 7.95 Å². The van der Waals surface area contributed by atoms with Crippen molar-refractivity contribution >= 4 is 19.4 Å². The summed E-state index contributed by atoms with van der Waals surface area (Å²) in [7, 11) is -2.83. The zero-order valence-electron chi connectivity index (χ0n) is 17.5. The monoisotopic (exact) mass is 417 g/mol. The maximum absolute atomic E-state index is 11.7. The quantitative estimate of drug-likeness (QED) is 0.145. The number of nitrogens with one attached hydrogen (secondary N) is 1. The van der Waals surface area contributed by atoms with Crippen LogP contribution in [-0.2, 0) is 14.2 Å². The SMILES string of the molecule is CCCCCCCC/C=C\CCCCCCCC(=O)[PH](=O)N[C@@H](CO)C(=O)O. The standard InChI is InChI=1S/C21H40NO5P/c1-2-3-4-5-6-7-8-9-10-11-12-13-14-15-16-17-20(24)28(27)22-19(18-23)21(25)26/h9-10,19,23,28H,2-8,11-18H2,1H3,(H,22,27)(H,25,26)/b10-9-/t19-/m0/s1. The van der Waals surface area contributed by atoms with E-state index in [9.17, 15) is 14.2 Å². The van der Waals surface area contributed by atoms with Gasteiger partial charge in [-0.2, -0.15) is 0 Å². The molecule has 0 saturated carbocycles. The van der Waals surface area contributed by atoms with Crippen molar-refractivity contribution in [3.05, 3.63) is 12.2 Å². The van der Waals surface area contributed by atoms with Crippen LogP contribution in [0.1, 0.15) is 96.8 Å². The molecule has 0 radical (unpaired) electrons. The fourth-order valence-corrected chi connectivity index (χ4v) is 3.99. The van der Waals surface area contributed by atoms with Gasteiger partial charge in [0.05, 0.1) is 6.61 Å². The molecular weight excluding hydrogens is 377 g/mol. The number of carbonyl (C=O) groups is 2. The number of aliphatic hydroxyl groups excluding tert-OH is 1. The Bertz CT molecular complexity index is 468. The Morgan fingerprint density at radius 1 is 0.893 bits per heavy atom. The summed E-state index contributed by atoms with van der Waals surface area (Å²) in [5.41, 5.74) is -0.442. The number of carboxylic acids is 1. The van der Waals surface area contributed by atoms with E-state index in [1.807, 2.05) is 0 Å². The molecule has 0 aromatic rings.